The second kappa shape index (κ2) is 11.1. The summed E-state index contributed by atoms with van der Waals surface area (Å²) in [4.78, 5) is 9.29. The maximum absolute atomic E-state index is 15.4. The Hall–Kier alpha value is -3.81. The summed E-state index contributed by atoms with van der Waals surface area (Å²) in [5.41, 5.74) is 3.92. The molecular weight excluding hydrogens is 520 g/mol. The average Bonchev–Trinajstić information content (AvgIpc) is 3.57. The van der Waals surface area contributed by atoms with Crippen LogP contribution in [0.5, 0.6) is 5.88 Å². The van der Waals surface area contributed by atoms with Crippen LogP contribution in [0, 0.1) is 11.6 Å². The first kappa shape index (κ1) is 25.5. The second-order valence-electron chi connectivity index (χ2n) is 9.64. The molecule has 3 aromatic carbocycles. The van der Waals surface area contributed by atoms with Gasteiger partial charge in [0, 0.05) is 35.2 Å². The van der Waals surface area contributed by atoms with Crippen molar-refractivity contribution in [1.29, 1.82) is 0 Å². The van der Waals surface area contributed by atoms with Crippen LogP contribution in [0.25, 0.3) is 22.3 Å². The summed E-state index contributed by atoms with van der Waals surface area (Å²) in [6.45, 7) is 1.50. The smallest absolute Gasteiger partial charge is 0.214 e. The maximum atomic E-state index is 15.4. The van der Waals surface area contributed by atoms with Gasteiger partial charge in [0.25, 0.3) is 0 Å². The molecule has 1 fully saturated rings. The Morgan fingerprint density at radius 3 is 2.67 bits per heavy atom. The number of ether oxygens (including phenoxy) is 2. The fourth-order valence-corrected chi connectivity index (χ4v) is 5.11. The molecule has 0 N–H and O–H groups in total. The highest BCUT2D eigenvalue weighted by molar-refractivity contribution is 6.30. The van der Waals surface area contributed by atoms with Crippen molar-refractivity contribution in [3.63, 3.8) is 0 Å². The lowest BCUT2D eigenvalue weighted by atomic mass is 10.1. The summed E-state index contributed by atoms with van der Waals surface area (Å²) in [7, 11) is 0. The van der Waals surface area contributed by atoms with E-state index in [1.807, 2.05) is 24.3 Å². The molecule has 1 saturated heterocycles. The van der Waals surface area contributed by atoms with Gasteiger partial charge in [-0.1, -0.05) is 41.9 Å². The van der Waals surface area contributed by atoms with Crippen LogP contribution in [0.2, 0.25) is 5.02 Å². The zero-order chi connectivity index (χ0) is 26.8. The van der Waals surface area contributed by atoms with Crippen LogP contribution in [-0.4, -0.2) is 27.2 Å². The number of fused-ring (bicyclic) bond motifs is 1. The van der Waals surface area contributed by atoms with Gasteiger partial charge in [0.2, 0.25) is 5.88 Å². The molecule has 1 aliphatic rings. The van der Waals surface area contributed by atoms with Crippen molar-refractivity contribution in [2.45, 2.75) is 38.5 Å². The molecule has 2 aromatic heterocycles. The third kappa shape index (κ3) is 5.65. The Morgan fingerprint density at radius 2 is 1.85 bits per heavy atom. The molecule has 1 atom stereocenters. The van der Waals surface area contributed by atoms with Gasteiger partial charge in [-0.25, -0.2) is 18.7 Å². The Bertz CT molecular complexity index is 1630. The van der Waals surface area contributed by atoms with Crippen molar-refractivity contribution in [3.8, 4) is 17.1 Å². The largest absolute Gasteiger partial charge is 0.473 e. The molecule has 6 rings (SSSR count). The summed E-state index contributed by atoms with van der Waals surface area (Å²) < 4.78 is 43.2. The van der Waals surface area contributed by atoms with E-state index >= 15 is 4.39 Å². The van der Waals surface area contributed by atoms with E-state index in [-0.39, 0.29) is 24.4 Å². The molecule has 198 valence electrons. The topological polar surface area (TPSA) is 49.2 Å². The van der Waals surface area contributed by atoms with Crippen LogP contribution in [0.15, 0.2) is 78.9 Å². The van der Waals surface area contributed by atoms with Gasteiger partial charge in [-0.2, -0.15) is 0 Å². The number of rotatable bonds is 8. The summed E-state index contributed by atoms with van der Waals surface area (Å²) in [5, 5.41) is 0.315. The van der Waals surface area contributed by atoms with Crippen molar-refractivity contribution in [3.05, 3.63) is 112 Å². The molecule has 0 bridgehead atoms. The summed E-state index contributed by atoms with van der Waals surface area (Å²) >= 11 is 5.82. The third-order valence-corrected chi connectivity index (χ3v) is 7.16. The van der Waals surface area contributed by atoms with Crippen LogP contribution in [0.1, 0.15) is 29.8 Å². The molecule has 1 aliphatic heterocycles. The van der Waals surface area contributed by atoms with E-state index in [4.69, 9.17) is 26.1 Å². The lowest BCUT2D eigenvalue weighted by Crippen LogP contribution is -2.17. The zero-order valence-corrected chi connectivity index (χ0v) is 21.9. The standard InChI is InChI=1S/C31H26ClF2N3O2/c32-22-12-11-21(25(33)17-22)19-39-31-9-3-7-27(36-31)24-13-10-20(15-26(24)34)16-30-35-28-6-1-2-8-29(28)37(30)18-23-5-4-14-38-23/h1-3,6-13,15,17,23H,4-5,14,16,18-19H2/t23-/m0/s1. The monoisotopic (exact) mass is 545 g/mol. The Kier molecular flexibility index (Phi) is 7.26. The fraction of sp³-hybridized carbons (Fsp3) is 0.226. The number of pyridine rings is 1. The molecule has 0 saturated carbocycles. The van der Waals surface area contributed by atoms with Crippen LogP contribution in [0.4, 0.5) is 8.78 Å². The predicted molar refractivity (Wildman–Crippen MR) is 147 cm³/mol. The van der Waals surface area contributed by atoms with E-state index in [0.717, 1.165) is 48.4 Å². The van der Waals surface area contributed by atoms with E-state index in [0.29, 0.717) is 28.3 Å². The van der Waals surface area contributed by atoms with E-state index in [1.54, 1.807) is 36.4 Å². The highest BCUT2D eigenvalue weighted by Crippen LogP contribution is 2.27. The highest BCUT2D eigenvalue weighted by Gasteiger charge is 2.20. The molecule has 0 radical (unpaired) electrons. The first-order valence-electron chi connectivity index (χ1n) is 12.9. The lowest BCUT2D eigenvalue weighted by molar-refractivity contribution is 0.0973. The quantitative estimate of drug-likeness (QED) is 0.204. The number of nitrogens with zero attached hydrogens (tertiary/aromatic N) is 3. The normalized spacial score (nSPS) is 15.2. The molecule has 3 heterocycles. The minimum atomic E-state index is -0.454. The van der Waals surface area contributed by atoms with E-state index in [1.165, 1.54) is 12.1 Å². The fourth-order valence-electron chi connectivity index (χ4n) is 4.95. The van der Waals surface area contributed by atoms with Gasteiger partial charge in [-0.3, -0.25) is 0 Å². The maximum Gasteiger partial charge on any atom is 0.214 e. The van der Waals surface area contributed by atoms with Crippen molar-refractivity contribution in [2.24, 2.45) is 0 Å². The van der Waals surface area contributed by atoms with Gasteiger partial charge >= 0.3 is 0 Å². The molecule has 0 aliphatic carbocycles. The van der Waals surface area contributed by atoms with Crippen molar-refractivity contribution < 1.29 is 18.3 Å². The molecule has 39 heavy (non-hydrogen) atoms. The Morgan fingerprint density at radius 1 is 0.949 bits per heavy atom. The van der Waals surface area contributed by atoms with Gasteiger partial charge < -0.3 is 14.0 Å². The number of benzene rings is 3. The molecule has 0 amide bonds. The van der Waals surface area contributed by atoms with Crippen LogP contribution < -0.4 is 4.74 Å². The average molecular weight is 546 g/mol. The number of aromatic nitrogens is 3. The summed E-state index contributed by atoms with van der Waals surface area (Å²) in [5.74, 6) is 0.308. The minimum absolute atomic E-state index is 0.0201. The minimum Gasteiger partial charge on any atom is -0.473 e. The predicted octanol–water partition coefficient (Wildman–Crippen LogP) is 7.38. The van der Waals surface area contributed by atoms with Crippen LogP contribution in [-0.2, 0) is 24.3 Å². The lowest BCUT2D eigenvalue weighted by Gasteiger charge is -2.14. The van der Waals surface area contributed by atoms with Gasteiger partial charge in [0.1, 0.15) is 24.1 Å². The van der Waals surface area contributed by atoms with Crippen LogP contribution in [0.3, 0.4) is 0 Å². The highest BCUT2D eigenvalue weighted by atomic mass is 35.5. The van der Waals surface area contributed by atoms with Gasteiger partial charge in [-0.15, -0.1) is 0 Å². The number of imidazole rings is 1. The summed E-state index contributed by atoms with van der Waals surface area (Å²) in [6.07, 6.45) is 2.75. The number of hydrogen-bond donors (Lipinski definition) is 0. The first-order chi connectivity index (χ1) is 19.0. The van der Waals surface area contributed by atoms with Gasteiger partial charge in [-0.05, 0) is 60.9 Å². The SMILES string of the molecule is Fc1cc(Cl)ccc1COc1cccc(-c2ccc(Cc3nc4ccccc4n3C[C@@H]3CCCO3)cc2F)n1. The molecule has 0 unspecified atom stereocenters. The number of hydrogen-bond acceptors (Lipinski definition) is 4. The Balaban J connectivity index is 1.21. The molecule has 5 aromatic rings. The number of para-hydroxylation sites is 2. The third-order valence-electron chi connectivity index (χ3n) is 6.93. The second-order valence-corrected chi connectivity index (χ2v) is 10.1. The van der Waals surface area contributed by atoms with Crippen LogP contribution >= 0.6 is 11.6 Å². The van der Waals surface area contributed by atoms with Crippen molar-refractivity contribution in [2.75, 3.05) is 6.61 Å². The van der Waals surface area contributed by atoms with E-state index in [2.05, 4.69) is 15.6 Å². The van der Waals surface area contributed by atoms with E-state index < -0.39 is 5.82 Å². The zero-order valence-electron chi connectivity index (χ0n) is 21.1. The van der Waals surface area contributed by atoms with E-state index in [9.17, 15) is 4.39 Å². The number of halogens is 3. The molecule has 0 spiro atoms. The molecule has 8 heteroatoms. The van der Waals surface area contributed by atoms with Gasteiger partial charge in [0.05, 0.1) is 29.4 Å². The molecular formula is C31H26ClF2N3O2. The summed E-state index contributed by atoms with van der Waals surface area (Å²) in [6, 6.07) is 22.7. The van der Waals surface area contributed by atoms with Gasteiger partial charge in [0.15, 0.2) is 0 Å². The Labute approximate surface area is 230 Å². The first-order valence-corrected chi connectivity index (χ1v) is 13.3. The molecule has 5 nitrogen and oxygen atoms in total. The van der Waals surface area contributed by atoms with Crippen molar-refractivity contribution >= 4 is 22.6 Å². The van der Waals surface area contributed by atoms with Crippen molar-refractivity contribution in [1.82, 2.24) is 14.5 Å².